The number of ether oxygens (including phenoxy) is 1. The van der Waals surface area contributed by atoms with Gasteiger partial charge in [0, 0.05) is 36.9 Å². The smallest absolute Gasteiger partial charge is 0.338 e. The highest BCUT2D eigenvalue weighted by Gasteiger charge is 2.63. The van der Waals surface area contributed by atoms with Crippen LogP contribution < -0.4 is 5.32 Å². The summed E-state index contributed by atoms with van der Waals surface area (Å²) in [5.74, 6) is -8.23. The van der Waals surface area contributed by atoms with E-state index in [0.29, 0.717) is 5.76 Å². The summed E-state index contributed by atoms with van der Waals surface area (Å²) in [4.78, 5) is 49.7. The van der Waals surface area contributed by atoms with Crippen LogP contribution in [0, 0.1) is 24.1 Å². The molecule has 2 N–H and O–H groups in total. The number of carboxylic acid groups (broad SMARTS) is 1. The molecule has 1 aromatic heterocycles. The van der Waals surface area contributed by atoms with Crippen LogP contribution in [0.2, 0.25) is 5.02 Å². The van der Waals surface area contributed by atoms with Gasteiger partial charge in [-0.2, -0.15) is 0 Å². The predicted octanol–water partition coefficient (Wildman–Crippen LogP) is 3.57. The van der Waals surface area contributed by atoms with Gasteiger partial charge in [-0.25, -0.2) is 22.9 Å². The van der Waals surface area contributed by atoms with Crippen molar-refractivity contribution in [2.24, 2.45) is 16.3 Å². The van der Waals surface area contributed by atoms with Gasteiger partial charge >= 0.3 is 11.9 Å². The van der Waals surface area contributed by atoms with E-state index in [9.17, 15) is 23.9 Å². The minimum atomic E-state index is -3.44. The molecule has 2 saturated heterocycles. The molecule has 3 unspecified atom stereocenters. The zero-order chi connectivity index (χ0) is 32.1. The Kier molecular flexibility index (Phi) is 8.27. The number of likely N-dealkylation sites (tertiary alicyclic amines) is 2. The highest BCUT2D eigenvalue weighted by atomic mass is 35.5. The van der Waals surface area contributed by atoms with Crippen LogP contribution in [-0.2, 0) is 19.1 Å². The number of aliphatic imine (C=N–C) groups is 1. The molecule has 236 valence electrons. The molecule has 0 radical (unpaired) electrons. The Labute approximate surface area is 255 Å². The van der Waals surface area contributed by atoms with Crippen LogP contribution in [0.4, 0.5) is 13.2 Å². The van der Waals surface area contributed by atoms with Crippen LogP contribution >= 0.6 is 11.6 Å². The number of carboxylic acids is 1. The molecule has 2 aromatic rings. The van der Waals surface area contributed by atoms with E-state index in [1.165, 1.54) is 37.3 Å². The molecular weight excluding hydrogens is 607 g/mol. The molecule has 4 heterocycles. The van der Waals surface area contributed by atoms with Gasteiger partial charge in [-0.1, -0.05) is 23.7 Å². The number of nitrogens with one attached hydrogen (secondary N) is 1. The van der Waals surface area contributed by atoms with Crippen molar-refractivity contribution < 1.29 is 41.8 Å². The average molecular weight is 638 g/mol. The van der Waals surface area contributed by atoms with Gasteiger partial charge in [0.05, 0.1) is 29.2 Å². The number of carbonyl (C=O) groups excluding carboxylic acids is 2. The molecule has 0 aliphatic carbocycles. The summed E-state index contributed by atoms with van der Waals surface area (Å²) in [5, 5.41) is 12.3. The summed E-state index contributed by atoms with van der Waals surface area (Å²) >= 11 is 6.35. The molecular formula is C29H31ClF3N5O6. The number of amides is 1. The van der Waals surface area contributed by atoms with Gasteiger partial charge in [-0.15, -0.1) is 0 Å². The lowest BCUT2D eigenvalue weighted by Crippen LogP contribution is -2.45. The number of oxazole rings is 1. The highest BCUT2D eigenvalue weighted by molar-refractivity contribution is 6.31. The van der Waals surface area contributed by atoms with E-state index in [-0.39, 0.29) is 59.6 Å². The fourth-order valence-corrected chi connectivity index (χ4v) is 6.13. The number of hydrogen-bond acceptors (Lipinski definition) is 9. The standard InChI is InChI=1S/C29H31ClF3N5O6/c1-5-43-26(40)19-17(9-37-12-29(32,33)20-18(37)10-38(25(20)39)11-28(3,4)27(41)42)35-24(22-14(2)44-13-34-22)36-23(19)15-7-6-8-16(31)21(15)30/h6-8,13,18,20,23H,5,9-12H2,1-4H3,(H,35,36)(H,41,42). The van der Waals surface area contributed by atoms with Crippen molar-refractivity contribution in [2.75, 3.05) is 32.8 Å². The summed E-state index contributed by atoms with van der Waals surface area (Å²) in [6.45, 7) is 4.56. The number of amidine groups is 1. The molecule has 1 aromatic carbocycles. The minimum Gasteiger partial charge on any atom is -0.481 e. The minimum absolute atomic E-state index is 0.0203. The molecule has 3 atom stereocenters. The lowest BCUT2D eigenvalue weighted by molar-refractivity contribution is -0.150. The van der Waals surface area contributed by atoms with E-state index in [1.807, 2.05) is 0 Å². The number of alkyl halides is 2. The number of aryl methyl sites for hydroxylation is 1. The van der Waals surface area contributed by atoms with Crippen LogP contribution in [0.5, 0.6) is 0 Å². The second-order valence-corrected chi connectivity index (χ2v) is 12.0. The van der Waals surface area contributed by atoms with Crippen LogP contribution in [0.1, 0.15) is 43.8 Å². The molecule has 0 bridgehead atoms. The molecule has 0 spiro atoms. The fraction of sp³-hybridized carbons (Fsp3) is 0.483. The number of esters is 1. The zero-order valence-corrected chi connectivity index (χ0v) is 25.1. The molecule has 44 heavy (non-hydrogen) atoms. The number of benzene rings is 1. The molecule has 5 rings (SSSR count). The topological polar surface area (TPSA) is 138 Å². The van der Waals surface area contributed by atoms with Crippen LogP contribution in [0.3, 0.4) is 0 Å². The summed E-state index contributed by atoms with van der Waals surface area (Å²) in [6, 6.07) is 1.84. The zero-order valence-electron chi connectivity index (χ0n) is 24.4. The van der Waals surface area contributed by atoms with Crippen molar-refractivity contribution in [2.45, 2.75) is 45.7 Å². The lowest BCUT2D eigenvalue weighted by Gasteiger charge is -2.32. The first-order chi connectivity index (χ1) is 20.7. The Morgan fingerprint density at radius 2 is 2.05 bits per heavy atom. The molecule has 11 nitrogen and oxygen atoms in total. The van der Waals surface area contributed by atoms with Gasteiger partial charge in [0.2, 0.25) is 5.91 Å². The van der Waals surface area contributed by atoms with Crippen molar-refractivity contribution in [1.82, 2.24) is 20.1 Å². The van der Waals surface area contributed by atoms with E-state index in [0.717, 1.165) is 11.0 Å². The van der Waals surface area contributed by atoms with Crippen LogP contribution in [0.25, 0.3) is 0 Å². The van der Waals surface area contributed by atoms with Gasteiger partial charge in [-0.3, -0.25) is 19.5 Å². The number of aliphatic carboxylic acids is 1. The molecule has 1 amide bonds. The van der Waals surface area contributed by atoms with Crippen molar-refractivity contribution >= 4 is 35.3 Å². The summed E-state index contributed by atoms with van der Waals surface area (Å²) in [5.41, 5.74) is -0.920. The summed E-state index contributed by atoms with van der Waals surface area (Å²) in [7, 11) is 0. The third kappa shape index (κ3) is 5.56. The van der Waals surface area contributed by atoms with E-state index in [1.54, 1.807) is 13.8 Å². The first kappa shape index (κ1) is 31.5. The Morgan fingerprint density at radius 1 is 1.32 bits per heavy atom. The largest absolute Gasteiger partial charge is 0.481 e. The van der Waals surface area contributed by atoms with Crippen LogP contribution in [-0.4, -0.2) is 88.3 Å². The summed E-state index contributed by atoms with van der Waals surface area (Å²) < 4.78 is 56.2. The fourth-order valence-electron chi connectivity index (χ4n) is 5.90. The quantitative estimate of drug-likeness (QED) is 0.395. The molecule has 3 aliphatic heterocycles. The van der Waals surface area contributed by atoms with Crippen molar-refractivity contribution in [3.05, 3.63) is 63.7 Å². The molecule has 0 saturated carbocycles. The second kappa shape index (κ2) is 11.5. The maximum Gasteiger partial charge on any atom is 0.338 e. The number of aromatic nitrogens is 1. The van der Waals surface area contributed by atoms with Crippen LogP contribution in [0.15, 0.2) is 45.3 Å². The lowest BCUT2D eigenvalue weighted by atomic mass is 9.93. The molecule has 15 heteroatoms. The predicted molar refractivity (Wildman–Crippen MR) is 151 cm³/mol. The maximum atomic E-state index is 15.4. The first-order valence-corrected chi connectivity index (χ1v) is 14.3. The number of nitrogens with zero attached hydrogens (tertiary/aromatic N) is 4. The van der Waals surface area contributed by atoms with E-state index in [4.69, 9.17) is 20.8 Å². The average Bonchev–Trinajstić information content (AvgIpc) is 3.59. The Balaban J connectivity index is 1.58. The first-order valence-electron chi connectivity index (χ1n) is 13.9. The van der Waals surface area contributed by atoms with Gasteiger partial charge in [0.15, 0.2) is 12.2 Å². The SMILES string of the molecule is CCOC(=O)C1=C(CN2CC(F)(F)C3C(=O)N(CC(C)(C)C(=O)O)CC32)NC(c2ncoc2C)=NC1c1cccc(F)c1Cl. The second-order valence-electron chi connectivity index (χ2n) is 11.6. The number of rotatable bonds is 9. The Bertz CT molecular complexity index is 1570. The van der Waals surface area contributed by atoms with Gasteiger partial charge in [-0.05, 0) is 33.8 Å². The summed E-state index contributed by atoms with van der Waals surface area (Å²) in [6.07, 6.45) is 1.19. The van der Waals surface area contributed by atoms with E-state index < -0.39 is 59.5 Å². The van der Waals surface area contributed by atoms with Crippen molar-refractivity contribution in [3.63, 3.8) is 0 Å². The third-order valence-corrected chi connectivity index (χ3v) is 8.50. The Morgan fingerprint density at radius 3 is 2.68 bits per heavy atom. The number of hydrogen-bond donors (Lipinski definition) is 2. The van der Waals surface area contributed by atoms with Gasteiger partial charge in [0.1, 0.15) is 29.2 Å². The monoisotopic (exact) mass is 637 g/mol. The van der Waals surface area contributed by atoms with Gasteiger partial charge < -0.3 is 24.5 Å². The van der Waals surface area contributed by atoms with Gasteiger partial charge in [0.25, 0.3) is 5.92 Å². The maximum absolute atomic E-state index is 15.4. The normalized spacial score (nSPS) is 23.5. The Hall–Kier alpha value is -3.91. The molecule has 3 aliphatic rings. The van der Waals surface area contributed by atoms with E-state index >= 15 is 8.78 Å². The van der Waals surface area contributed by atoms with E-state index in [2.05, 4.69) is 15.3 Å². The number of carbonyl (C=O) groups is 3. The van der Waals surface area contributed by atoms with Crippen molar-refractivity contribution in [3.8, 4) is 0 Å². The number of halogens is 4. The van der Waals surface area contributed by atoms with Crippen molar-refractivity contribution in [1.29, 1.82) is 0 Å². The highest BCUT2D eigenvalue weighted by Crippen LogP contribution is 2.45. The molecule has 2 fully saturated rings. The number of fused-ring (bicyclic) bond motifs is 1. The third-order valence-electron chi connectivity index (χ3n) is 8.10.